The van der Waals surface area contributed by atoms with Gasteiger partial charge in [0.15, 0.2) is 11.6 Å². The molecular weight excluding hydrogens is 306 g/mol. The SMILES string of the molecule is C[C@@H](Sc1ccc(F)c(F)c1)c1nnc(-c2ccccc2)o1. The molecular formula is C16H12F2N2OS. The first-order chi connectivity index (χ1) is 10.6. The number of halogens is 2. The first kappa shape index (κ1) is 14.7. The third-order valence-electron chi connectivity index (χ3n) is 3.01. The molecule has 0 radical (unpaired) electrons. The van der Waals surface area contributed by atoms with Crippen molar-refractivity contribution in [3.63, 3.8) is 0 Å². The number of hydrogen-bond acceptors (Lipinski definition) is 4. The van der Waals surface area contributed by atoms with Crippen LogP contribution >= 0.6 is 11.8 Å². The summed E-state index contributed by atoms with van der Waals surface area (Å²) in [5, 5.41) is 7.87. The van der Waals surface area contributed by atoms with Crippen molar-refractivity contribution in [2.75, 3.05) is 0 Å². The number of hydrogen-bond donors (Lipinski definition) is 0. The van der Waals surface area contributed by atoms with E-state index in [1.807, 2.05) is 37.3 Å². The largest absolute Gasteiger partial charge is 0.419 e. The molecule has 0 N–H and O–H groups in total. The number of benzene rings is 2. The molecule has 0 fully saturated rings. The maximum atomic E-state index is 13.2. The molecule has 22 heavy (non-hydrogen) atoms. The highest BCUT2D eigenvalue weighted by Gasteiger charge is 2.17. The molecule has 1 heterocycles. The average Bonchev–Trinajstić information content (AvgIpc) is 3.02. The van der Waals surface area contributed by atoms with Crippen molar-refractivity contribution < 1.29 is 13.2 Å². The van der Waals surface area contributed by atoms with Crippen molar-refractivity contribution >= 4 is 11.8 Å². The maximum Gasteiger partial charge on any atom is 0.247 e. The quantitative estimate of drug-likeness (QED) is 0.643. The van der Waals surface area contributed by atoms with Crippen molar-refractivity contribution in [1.82, 2.24) is 10.2 Å². The fraction of sp³-hybridized carbons (Fsp3) is 0.125. The van der Waals surface area contributed by atoms with Crippen LogP contribution in [0.4, 0.5) is 8.78 Å². The molecule has 0 unspecified atom stereocenters. The fourth-order valence-electron chi connectivity index (χ4n) is 1.90. The van der Waals surface area contributed by atoms with E-state index in [2.05, 4.69) is 10.2 Å². The molecule has 0 saturated heterocycles. The standard InChI is InChI=1S/C16H12F2N2OS/c1-10(22-12-7-8-13(17)14(18)9-12)15-19-20-16(21-15)11-5-3-2-4-6-11/h2-10H,1H3/t10-/m1/s1. The molecule has 0 saturated carbocycles. The van der Waals surface area contributed by atoms with Gasteiger partial charge in [0.05, 0.1) is 5.25 Å². The Kier molecular flexibility index (Phi) is 4.20. The van der Waals surface area contributed by atoms with Crippen LogP contribution in [-0.2, 0) is 0 Å². The molecule has 0 aliphatic carbocycles. The van der Waals surface area contributed by atoms with Crippen LogP contribution in [0, 0.1) is 11.6 Å². The summed E-state index contributed by atoms with van der Waals surface area (Å²) >= 11 is 1.33. The lowest BCUT2D eigenvalue weighted by atomic mass is 10.2. The summed E-state index contributed by atoms with van der Waals surface area (Å²) < 4.78 is 31.8. The molecule has 0 aliphatic heterocycles. The van der Waals surface area contributed by atoms with Gasteiger partial charge in [0, 0.05) is 10.5 Å². The van der Waals surface area contributed by atoms with Crippen LogP contribution in [0.25, 0.3) is 11.5 Å². The normalized spacial score (nSPS) is 12.3. The predicted octanol–water partition coefficient (Wildman–Crippen LogP) is 4.87. The monoisotopic (exact) mass is 318 g/mol. The third-order valence-corrected chi connectivity index (χ3v) is 4.09. The van der Waals surface area contributed by atoms with Gasteiger partial charge in [-0.3, -0.25) is 0 Å². The van der Waals surface area contributed by atoms with E-state index in [1.165, 1.54) is 17.8 Å². The zero-order valence-electron chi connectivity index (χ0n) is 11.7. The minimum atomic E-state index is -0.868. The smallest absolute Gasteiger partial charge is 0.247 e. The summed E-state index contributed by atoms with van der Waals surface area (Å²) in [5.41, 5.74) is 0.839. The van der Waals surface area contributed by atoms with Gasteiger partial charge in [0.25, 0.3) is 0 Å². The third kappa shape index (κ3) is 3.17. The Bertz CT molecular complexity index is 777. The van der Waals surface area contributed by atoms with Crippen LogP contribution in [0.15, 0.2) is 57.8 Å². The number of aromatic nitrogens is 2. The Hall–Kier alpha value is -2.21. The second kappa shape index (κ2) is 6.27. The van der Waals surface area contributed by atoms with Gasteiger partial charge in [-0.1, -0.05) is 18.2 Å². The molecule has 0 amide bonds. The lowest BCUT2D eigenvalue weighted by Gasteiger charge is -2.06. The zero-order chi connectivity index (χ0) is 15.5. The summed E-state index contributed by atoms with van der Waals surface area (Å²) in [7, 11) is 0. The number of thioether (sulfide) groups is 1. The second-order valence-electron chi connectivity index (χ2n) is 4.65. The first-order valence-electron chi connectivity index (χ1n) is 6.64. The van der Waals surface area contributed by atoms with E-state index >= 15 is 0 Å². The van der Waals surface area contributed by atoms with E-state index < -0.39 is 11.6 Å². The molecule has 1 atom stereocenters. The van der Waals surface area contributed by atoms with Crippen molar-refractivity contribution in [3.8, 4) is 11.5 Å². The summed E-state index contributed by atoms with van der Waals surface area (Å²) in [6.45, 7) is 1.87. The van der Waals surface area contributed by atoms with Gasteiger partial charge in [-0.25, -0.2) is 8.78 Å². The molecule has 0 aliphatic rings. The maximum absolute atomic E-state index is 13.2. The van der Waals surface area contributed by atoms with Crippen LogP contribution < -0.4 is 0 Å². The first-order valence-corrected chi connectivity index (χ1v) is 7.52. The lowest BCUT2D eigenvalue weighted by molar-refractivity contribution is 0.504. The molecule has 0 spiro atoms. The van der Waals surface area contributed by atoms with E-state index in [4.69, 9.17) is 4.42 Å². The minimum absolute atomic E-state index is 0.171. The summed E-state index contributed by atoms with van der Waals surface area (Å²) in [4.78, 5) is 0.603. The number of nitrogens with zero attached hydrogens (tertiary/aromatic N) is 2. The van der Waals surface area contributed by atoms with Gasteiger partial charge in [-0.05, 0) is 37.3 Å². The average molecular weight is 318 g/mol. The van der Waals surface area contributed by atoms with Crippen molar-refractivity contribution in [2.45, 2.75) is 17.1 Å². The molecule has 3 nitrogen and oxygen atoms in total. The van der Waals surface area contributed by atoms with Gasteiger partial charge in [-0.2, -0.15) is 0 Å². The molecule has 3 rings (SSSR count). The van der Waals surface area contributed by atoms with E-state index in [9.17, 15) is 8.78 Å². The van der Waals surface area contributed by atoms with Crippen molar-refractivity contribution in [2.24, 2.45) is 0 Å². The van der Waals surface area contributed by atoms with Gasteiger partial charge in [0.1, 0.15) is 0 Å². The van der Waals surface area contributed by atoms with Crippen molar-refractivity contribution in [1.29, 1.82) is 0 Å². The lowest BCUT2D eigenvalue weighted by Crippen LogP contribution is -1.90. The van der Waals surface area contributed by atoms with Gasteiger partial charge >= 0.3 is 0 Å². The fourth-order valence-corrected chi connectivity index (χ4v) is 2.82. The zero-order valence-corrected chi connectivity index (χ0v) is 12.5. The molecule has 112 valence electrons. The Labute approximate surface area is 130 Å². The summed E-state index contributed by atoms with van der Waals surface area (Å²) in [6.07, 6.45) is 0. The van der Waals surface area contributed by atoms with Crippen LogP contribution in [0.2, 0.25) is 0 Å². The van der Waals surface area contributed by atoms with Crippen LogP contribution in [0.5, 0.6) is 0 Å². The van der Waals surface area contributed by atoms with E-state index in [-0.39, 0.29) is 5.25 Å². The highest BCUT2D eigenvalue weighted by Crippen LogP contribution is 2.35. The highest BCUT2D eigenvalue weighted by molar-refractivity contribution is 7.99. The summed E-state index contributed by atoms with van der Waals surface area (Å²) in [6, 6.07) is 13.2. The Balaban J connectivity index is 1.77. The van der Waals surface area contributed by atoms with Crippen LogP contribution in [0.1, 0.15) is 18.1 Å². The Morgan fingerprint density at radius 2 is 1.77 bits per heavy atom. The molecule has 2 aromatic carbocycles. The highest BCUT2D eigenvalue weighted by atomic mass is 32.2. The predicted molar refractivity (Wildman–Crippen MR) is 80.4 cm³/mol. The molecule has 6 heteroatoms. The van der Waals surface area contributed by atoms with Gasteiger partial charge < -0.3 is 4.42 Å². The van der Waals surface area contributed by atoms with Crippen LogP contribution in [0.3, 0.4) is 0 Å². The molecule has 1 aromatic heterocycles. The Morgan fingerprint density at radius 3 is 2.50 bits per heavy atom. The second-order valence-corrected chi connectivity index (χ2v) is 6.06. The van der Waals surface area contributed by atoms with E-state index in [0.29, 0.717) is 16.7 Å². The minimum Gasteiger partial charge on any atom is -0.419 e. The van der Waals surface area contributed by atoms with Crippen LogP contribution in [-0.4, -0.2) is 10.2 Å². The van der Waals surface area contributed by atoms with E-state index in [1.54, 1.807) is 0 Å². The number of rotatable bonds is 4. The van der Waals surface area contributed by atoms with Gasteiger partial charge in [0.2, 0.25) is 11.8 Å². The Morgan fingerprint density at radius 1 is 1.00 bits per heavy atom. The summed E-state index contributed by atoms with van der Waals surface area (Å²) in [5.74, 6) is -0.851. The van der Waals surface area contributed by atoms with Gasteiger partial charge in [-0.15, -0.1) is 22.0 Å². The van der Waals surface area contributed by atoms with E-state index in [0.717, 1.165) is 17.7 Å². The molecule has 3 aromatic rings. The molecule has 0 bridgehead atoms. The topological polar surface area (TPSA) is 38.9 Å². The van der Waals surface area contributed by atoms with Crippen molar-refractivity contribution in [3.05, 3.63) is 66.1 Å².